The molecule has 0 aliphatic carbocycles. The fraction of sp³-hybridized carbons (Fsp3) is 0.667. The quantitative estimate of drug-likeness (QED) is 0.736. The Bertz CT molecular complexity index is 446. The average molecular weight is 310 g/mol. The van der Waals surface area contributed by atoms with E-state index in [1.54, 1.807) is 13.1 Å². The molecule has 0 saturated heterocycles. The lowest BCUT2D eigenvalue weighted by Crippen LogP contribution is -2.43. The Kier molecular flexibility index (Phi) is 7.20. The standard InChI is InChI=1S/C15H26N4O3/c1-12(20)10-19(14(21)22-15(2,3)4)8-7-16-9-13-5-6-17-11-18-13/h5-6,11-12,16,20H,7-10H2,1-4H3. The summed E-state index contributed by atoms with van der Waals surface area (Å²) >= 11 is 0. The van der Waals surface area contributed by atoms with E-state index in [2.05, 4.69) is 15.3 Å². The molecule has 2 N–H and O–H groups in total. The maximum Gasteiger partial charge on any atom is 0.410 e. The number of amides is 1. The number of nitrogens with zero attached hydrogens (tertiary/aromatic N) is 3. The van der Waals surface area contributed by atoms with Crippen molar-refractivity contribution in [2.45, 2.75) is 45.9 Å². The zero-order valence-electron chi connectivity index (χ0n) is 13.7. The first kappa shape index (κ1) is 18.3. The molecule has 1 atom stereocenters. The molecule has 1 heterocycles. The summed E-state index contributed by atoms with van der Waals surface area (Å²) in [5, 5.41) is 12.7. The lowest BCUT2D eigenvalue weighted by Gasteiger charge is -2.28. The highest BCUT2D eigenvalue weighted by Crippen LogP contribution is 2.10. The fourth-order valence-corrected chi connectivity index (χ4v) is 1.76. The van der Waals surface area contributed by atoms with Crippen molar-refractivity contribution in [1.29, 1.82) is 0 Å². The van der Waals surface area contributed by atoms with Crippen LogP contribution in [0.1, 0.15) is 33.4 Å². The van der Waals surface area contributed by atoms with Gasteiger partial charge in [-0.2, -0.15) is 0 Å². The predicted molar refractivity (Wildman–Crippen MR) is 83.2 cm³/mol. The van der Waals surface area contributed by atoms with E-state index >= 15 is 0 Å². The molecule has 1 unspecified atom stereocenters. The van der Waals surface area contributed by atoms with Crippen molar-refractivity contribution in [1.82, 2.24) is 20.2 Å². The summed E-state index contributed by atoms with van der Waals surface area (Å²) in [6.45, 7) is 8.96. The molecule has 1 aromatic heterocycles. The number of hydrogen-bond donors (Lipinski definition) is 2. The Morgan fingerprint density at radius 3 is 2.77 bits per heavy atom. The van der Waals surface area contributed by atoms with Crippen LogP contribution >= 0.6 is 0 Å². The Morgan fingerprint density at radius 1 is 1.50 bits per heavy atom. The second-order valence-corrected chi connectivity index (χ2v) is 6.15. The topological polar surface area (TPSA) is 87.6 Å². The van der Waals surface area contributed by atoms with Crippen LogP contribution in [0.3, 0.4) is 0 Å². The van der Waals surface area contributed by atoms with Crippen LogP contribution in [0.4, 0.5) is 4.79 Å². The molecule has 7 heteroatoms. The molecule has 1 aromatic rings. The summed E-state index contributed by atoms with van der Waals surface area (Å²) in [6, 6.07) is 1.83. The van der Waals surface area contributed by atoms with Gasteiger partial charge in [-0.25, -0.2) is 14.8 Å². The number of aliphatic hydroxyl groups is 1. The molecular weight excluding hydrogens is 284 g/mol. The second kappa shape index (κ2) is 8.65. The van der Waals surface area contributed by atoms with Crippen LogP contribution in [0.5, 0.6) is 0 Å². The minimum atomic E-state index is -0.602. The van der Waals surface area contributed by atoms with E-state index in [0.29, 0.717) is 19.6 Å². The van der Waals surface area contributed by atoms with Gasteiger partial charge in [0, 0.05) is 32.4 Å². The number of rotatable bonds is 7. The summed E-state index contributed by atoms with van der Waals surface area (Å²) in [5.41, 5.74) is 0.330. The van der Waals surface area contributed by atoms with Crippen molar-refractivity contribution in [2.24, 2.45) is 0 Å². The average Bonchev–Trinajstić information content (AvgIpc) is 2.41. The summed E-state index contributed by atoms with van der Waals surface area (Å²) in [7, 11) is 0. The van der Waals surface area contributed by atoms with E-state index < -0.39 is 17.8 Å². The largest absolute Gasteiger partial charge is 0.444 e. The number of aliphatic hydroxyl groups excluding tert-OH is 1. The minimum absolute atomic E-state index is 0.240. The van der Waals surface area contributed by atoms with Gasteiger partial charge in [-0.15, -0.1) is 0 Å². The Hall–Kier alpha value is -1.73. The van der Waals surface area contributed by atoms with Gasteiger partial charge in [0.2, 0.25) is 0 Å². The molecule has 0 fully saturated rings. The monoisotopic (exact) mass is 310 g/mol. The SMILES string of the molecule is CC(O)CN(CCNCc1ccncn1)C(=O)OC(C)(C)C. The van der Waals surface area contributed by atoms with E-state index in [-0.39, 0.29) is 6.54 Å². The first-order valence-corrected chi connectivity index (χ1v) is 7.39. The molecule has 0 aromatic carbocycles. The number of aromatic nitrogens is 2. The van der Waals surface area contributed by atoms with Crippen LogP contribution in [-0.4, -0.2) is 57.4 Å². The molecule has 0 bridgehead atoms. The third-order valence-corrected chi connectivity index (χ3v) is 2.64. The molecule has 1 amide bonds. The van der Waals surface area contributed by atoms with Crippen LogP contribution < -0.4 is 5.32 Å². The van der Waals surface area contributed by atoms with Gasteiger partial charge in [0.25, 0.3) is 0 Å². The van der Waals surface area contributed by atoms with E-state index in [9.17, 15) is 9.90 Å². The fourth-order valence-electron chi connectivity index (χ4n) is 1.76. The lowest BCUT2D eigenvalue weighted by molar-refractivity contribution is 0.0164. The molecule has 7 nitrogen and oxygen atoms in total. The summed E-state index contributed by atoms with van der Waals surface area (Å²) in [4.78, 5) is 21.6. The van der Waals surface area contributed by atoms with Gasteiger partial charge in [-0.3, -0.25) is 0 Å². The van der Waals surface area contributed by atoms with E-state index in [1.165, 1.54) is 11.2 Å². The number of nitrogens with one attached hydrogen (secondary N) is 1. The van der Waals surface area contributed by atoms with Crippen LogP contribution in [-0.2, 0) is 11.3 Å². The Labute approximate surface area is 131 Å². The van der Waals surface area contributed by atoms with Gasteiger partial charge < -0.3 is 20.1 Å². The Balaban J connectivity index is 2.42. The third kappa shape index (κ3) is 7.90. The van der Waals surface area contributed by atoms with Gasteiger partial charge in [0.1, 0.15) is 11.9 Å². The molecule has 22 heavy (non-hydrogen) atoms. The first-order valence-electron chi connectivity index (χ1n) is 7.39. The number of carbonyl (C=O) groups excluding carboxylic acids is 1. The van der Waals surface area contributed by atoms with E-state index in [4.69, 9.17) is 4.74 Å². The van der Waals surface area contributed by atoms with Crippen molar-refractivity contribution in [2.75, 3.05) is 19.6 Å². The molecule has 1 rings (SSSR count). The molecule has 0 aliphatic rings. The van der Waals surface area contributed by atoms with Crippen LogP contribution in [0.2, 0.25) is 0 Å². The molecular formula is C15H26N4O3. The summed E-state index contributed by atoms with van der Waals surface area (Å²) < 4.78 is 5.34. The van der Waals surface area contributed by atoms with Gasteiger partial charge in [-0.1, -0.05) is 0 Å². The van der Waals surface area contributed by atoms with E-state index in [0.717, 1.165) is 5.69 Å². The van der Waals surface area contributed by atoms with Crippen LogP contribution in [0, 0.1) is 0 Å². The highest BCUT2D eigenvalue weighted by atomic mass is 16.6. The second-order valence-electron chi connectivity index (χ2n) is 6.15. The predicted octanol–water partition coefficient (Wildman–Crippen LogP) is 1.18. The van der Waals surface area contributed by atoms with Gasteiger partial charge in [0.05, 0.1) is 11.8 Å². The molecule has 124 valence electrons. The van der Waals surface area contributed by atoms with Crippen LogP contribution in [0.15, 0.2) is 18.6 Å². The molecule has 0 spiro atoms. The van der Waals surface area contributed by atoms with Gasteiger partial charge in [0.15, 0.2) is 0 Å². The lowest BCUT2D eigenvalue weighted by atomic mass is 10.2. The molecule has 0 saturated carbocycles. The smallest absolute Gasteiger partial charge is 0.410 e. The van der Waals surface area contributed by atoms with Gasteiger partial charge in [-0.05, 0) is 33.8 Å². The number of carbonyl (C=O) groups is 1. The zero-order valence-corrected chi connectivity index (χ0v) is 13.7. The minimum Gasteiger partial charge on any atom is -0.444 e. The first-order chi connectivity index (χ1) is 10.3. The summed E-state index contributed by atoms with van der Waals surface area (Å²) in [5.74, 6) is 0. The van der Waals surface area contributed by atoms with Crippen LogP contribution in [0.25, 0.3) is 0 Å². The normalized spacial score (nSPS) is 12.8. The summed E-state index contributed by atoms with van der Waals surface area (Å²) in [6.07, 6.45) is 2.16. The van der Waals surface area contributed by atoms with Crippen molar-refractivity contribution in [3.63, 3.8) is 0 Å². The zero-order chi connectivity index (χ0) is 16.6. The molecule has 0 radical (unpaired) electrons. The number of ether oxygens (including phenoxy) is 1. The van der Waals surface area contributed by atoms with Crippen molar-refractivity contribution < 1.29 is 14.6 Å². The Morgan fingerprint density at radius 2 is 2.23 bits per heavy atom. The van der Waals surface area contributed by atoms with Crippen molar-refractivity contribution in [3.8, 4) is 0 Å². The van der Waals surface area contributed by atoms with Gasteiger partial charge >= 0.3 is 6.09 Å². The van der Waals surface area contributed by atoms with E-state index in [1.807, 2.05) is 26.8 Å². The maximum atomic E-state index is 12.1. The van der Waals surface area contributed by atoms with Crippen molar-refractivity contribution in [3.05, 3.63) is 24.3 Å². The highest BCUT2D eigenvalue weighted by Gasteiger charge is 2.22. The highest BCUT2D eigenvalue weighted by molar-refractivity contribution is 5.68. The van der Waals surface area contributed by atoms with Crippen molar-refractivity contribution >= 4 is 6.09 Å². The maximum absolute atomic E-state index is 12.1. The third-order valence-electron chi connectivity index (χ3n) is 2.64. The number of hydrogen-bond acceptors (Lipinski definition) is 6. The molecule has 0 aliphatic heterocycles.